The highest BCUT2D eigenvalue weighted by atomic mass is 16.6. The van der Waals surface area contributed by atoms with Crippen LogP contribution in [0.4, 0.5) is 0 Å². The molecule has 0 saturated heterocycles. The van der Waals surface area contributed by atoms with Crippen molar-refractivity contribution in [2.24, 2.45) is 0 Å². The van der Waals surface area contributed by atoms with E-state index < -0.39 is 12.1 Å². The lowest BCUT2D eigenvalue weighted by Crippen LogP contribution is -2.35. The van der Waals surface area contributed by atoms with Crippen LogP contribution in [0.5, 0.6) is 0 Å². The van der Waals surface area contributed by atoms with Crippen molar-refractivity contribution in [2.45, 2.75) is 26.9 Å². The number of nitrogens with one attached hydrogen (secondary N) is 1. The fourth-order valence-electron chi connectivity index (χ4n) is 0.705. The Morgan fingerprint density at radius 2 is 2.00 bits per heavy atom. The van der Waals surface area contributed by atoms with Crippen LogP contribution in [-0.4, -0.2) is 31.0 Å². The van der Waals surface area contributed by atoms with Crippen LogP contribution in [0, 0.1) is 0 Å². The highest BCUT2D eigenvalue weighted by Gasteiger charge is 2.16. The zero-order valence-corrected chi connectivity index (χ0v) is 8.12. The summed E-state index contributed by atoms with van der Waals surface area (Å²) in [6, 6.07) is 0. The summed E-state index contributed by atoms with van der Waals surface area (Å²) in [5.41, 5.74) is 2.52. The number of hydroxylamine groups is 1. The Bertz CT molecular complexity index is 181. The monoisotopic (exact) mass is 189 g/mol. The summed E-state index contributed by atoms with van der Waals surface area (Å²) in [5.74, 6) is -0.680. The maximum absolute atomic E-state index is 10.9. The van der Waals surface area contributed by atoms with Crippen molar-refractivity contribution >= 4 is 11.8 Å². The van der Waals surface area contributed by atoms with Gasteiger partial charge in [-0.2, -0.15) is 5.48 Å². The van der Waals surface area contributed by atoms with Crippen LogP contribution in [-0.2, 0) is 19.2 Å². The summed E-state index contributed by atoms with van der Waals surface area (Å²) in [4.78, 5) is 26.3. The molecule has 0 aliphatic heterocycles. The van der Waals surface area contributed by atoms with E-state index in [9.17, 15) is 9.59 Å². The normalized spacial score (nSPS) is 12.2. The lowest BCUT2D eigenvalue weighted by molar-refractivity contribution is -0.153. The first kappa shape index (κ1) is 12.1. The molecule has 0 saturated carbocycles. The average molecular weight is 189 g/mol. The predicted molar refractivity (Wildman–Crippen MR) is 45.9 cm³/mol. The van der Waals surface area contributed by atoms with Gasteiger partial charge in [0.05, 0.1) is 13.2 Å². The molecule has 0 heterocycles. The van der Waals surface area contributed by atoms with Gasteiger partial charge in [-0.05, 0) is 13.8 Å². The van der Waals surface area contributed by atoms with Gasteiger partial charge in [0.15, 0.2) is 11.9 Å². The van der Waals surface area contributed by atoms with Crippen LogP contribution in [0.2, 0.25) is 0 Å². The molecule has 0 radical (unpaired) electrons. The minimum atomic E-state index is -0.760. The van der Waals surface area contributed by atoms with E-state index in [-0.39, 0.29) is 12.3 Å². The first-order valence-corrected chi connectivity index (χ1v) is 4.10. The second-order valence-corrected chi connectivity index (χ2v) is 2.49. The number of ketones is 1. The molecule has 0 aromatic rings. The maximum Gasteiger partial charge on any atom is 0.303 e. The number of ether oxygens (including phenoxy) is 1. The number of carbonyl (C=O) groups is 2. The molecule has 5 heteroatoms. The quantitative estimate of drug-likeness (QED) is 0.363. The van der Waals surface area contributed by atoms with Gasteiger partial charge in [0.1, 0.15) is 0 Å². The fraction of sp³-hybridized carbons (Fsp3) is 0.750. The van der Waals surface area contributed by atoms with Gasteiger partial charge in [-0.25, -0.2) is 0 Å². The molecule has 0 amide bonds. The molecule has 1 unspecified atom stereocenters. The Morgan fingerprint density at radius 3 is 2.38 bits per heavy atom. The van der Waals surface area contributed by atoms with Gasteiger partial charge < -0.3 is 9.57 Å². The second kappa shape index (κ2) is 6.56. The second-order valence-electron chi connectivity index (χ2n) is 2.49. The van der Waals surface area contributed by atoms with E-state index >= 15 is 0 Å². The Morgan fingerprint density at radius 1 is 1.38 bits per heavy atom. The summed E-state index contributed by atoms with van der Waals surface area (Å²) in [6.45, 7) is 5.10. The maximum atomic E-state index is 10.9. The van der Waals surface area contributed by atoms with Gasteiger partial charge in [0, 0.05) is 6.92 Å². The number of Topliss-reactive ketones (excluding diaryl/α,β-unsaturated/α-hetero) is 1. The lowest BCUT2D eigenvalue weighted by atomic mass is 10.2. The molecule has 0 bridgehead atoms. The summed E-state index contributed by atoms with van der Waals surface area (Å²) in [5, 5.41) is 0. The Balaban J connectivity index is 3.81. The molecular weight excluding hydrogens is 174 g/mol. The Kier molecular flexibility index (Phi) is 6.09. The molecule has 76 valence electrons. The molecular formula is C8H15NO4. The van der Waals surface area contributed by atoms with Gasteiger partial charge in [-0.1, -0.05) is 0 Å². The van der Waals surface area contributed by atoms with Crippen LogP contribution in [0.1, 0.15) is 20.8 Å². The molecule has 0 aliphatic carbocycles. The van der Waals surface area contributed by atoms with Gasteiger partial charge in [0.25, 0.3) is 0 Å². The summed E-state index contributed by atoms with van der Waals surface area (Å²) < 4.78 is 4.73. The minimum absolute atomic E-state index is 0.183. The molecule has 1 atom stereocenters. The van der Waals surface area contributed by atoms with Crippen molar-refractivity contribution in [3.63, 3.8) is 0 Å². The van der Waals surface area contributed by atoms with Crippen LogP contribution in [0.25, 0.3) is 0 Å². The smallest absolute Gasteiger partial charge is 0.303 e. The molecule has 13 heavy (non-hydrogen) atoms. The van der Waals surface area contributed by atoms with E-state index in [0.29, 0.717) is 6.61 Å². The topological polar surface area (TPSA) is 64.6 Å². The third-order valence-corrected chi connectivity index (χ3v) is 1.28. The molecule has 0 fully saturated rings. The van der Waals surface area contributed by atoms with Gasteiger partial charge >= 0.3 is 5.97 Å². The van der Waals surface area contributed by atoms with Crippen LogP contribution < -0.4 is 5.48 Å². The standard InChI is InChI=1S/C8H15NO4/c1-4-12-9-5-8(6(2)10)13-7(3)11/h8-9H,4-5H2,1-3H3. The average Bonchev–Trinajstić information content (AvgIpc) is 2.02. The summed E-state index contributed by atoms with van der Waals surface area (Å²) in [7, 11) is 0. The number of esters is 1. The van der Waals surface area contributed by atoms with Crippen LogP contribution in [0.3, 0.4) is 0 Å². The zero-order valence-electron chi connectivity index (χ0n) is 8.12. The van der Waals surface area contributed by atoms with E-state index in [2.05, 4.69) is 5.48 Å². The molecule has 0 aliphatic rings. The number of hydrogen-bond donors (Lipinski definition) is 1. The van der Waals surface area contributed by atoms with Crippen molar-refractivity contribution in [3.8, 4) is 0 Å². The molecule has 0 spiro atoms. The van der Waals surface area contributed by atoms with E-state index in [1.54, 1.807) is 0 Å². The van der Waals surface area contributed by atoms with Crippen LogP contribution in [0.15, 0.2) is 0 Å². The molecule has 0 rings (SSSR count). The highest BCUT2D eigenvalue weighted by molar-refractivity contribution is 5.83. The molecule has 5 nitrogen and oxygen atoms in total. The third kappa shape index (κ3) is 6.24. The zero-order chi connectivity index (χ0) is 10.3. The Hall–Kier alpha value is -0.940. The largest absolute Gasteiger partial charge is 0.453 e. The number of carbonyl (C=O) groups excluding carboxylic acids is 2. The number of hydrogen-bond acceptors (Lipinski definition) is 5. The van der Waals surface area contributed by atoms with Crippen LogP contribution >= 0.6 is 0 Å². The van der Waals surface area contributed by atoms with Crippen molar-refractivity contribution in [2.75, 3.05) is 13.2 Å². The molecule has 0 aromatic heterocycles. The molecule has 0 aromatic carbocycles. The fourth-order valence-corrected chi connectivity index (χ4v) is 0.705. The van der Waals surface area contributed by atoms with E-state index in [0.717, 1.165) is 0 Å². The van der Waals surface area contributed by atoms with E-state index in [4.69, 9.17) is 9.57 Å². The van der Waals surface area contributed by atoms with E-state index in [1.165, 1.54) is 13.8 Å². The lowest BCUT2D eigenvalue weighted by Gasteiger charge is -2.13. The van der Waals surface area contributed by atoms with Crippen molar-refractivity contribution in [1.82, 2.24) is 5.48 Å². The van der Waals surface area contributed by atoms with E-state index in [1.807, 2.05) is 6.92 Å². The summed E-state index contributed by atoms with van der Waals surface area (Å²) >= 11 is 0. The predicted octanol–water partition coefficient (Wildman–Crippen LogP) is 0.0482. The van der Waals surface area contributed by atoms with Crippen molar-refractivity contribution < 1.29 is 19.2 Å². The van der Waals surface area contributed by atoms with Gasteiger partial charge in [-0.15, -0.1) is 0 Å². The van der Waals surface area contributed by atoms with Crippen molar-refractivity contribution in [3.05, 3.63) is 0 Å². The highest BCUT2D eigenvalue weighted by Crippen LogP contribution is 1.93. The molecule has 1 N–H and O–H groups in total. The van der Waals surface area contributed by atoms with Gasteiger partial charge in [-0.3, -0.25) is 9.59 Å². The first-order chi connectivity index (χ1) is 6.07. The third-order valence-electron chi connectivity index (χ3n) is 1.28. The minimum Gasteiger partial charge on any atom is -0.453 e. The summed E-state index contributed by atoms with van der Waals surface area (Å²) in [6.07, 6.45) is -0.760. The van der Waals surface area contributed by atoms with Gasteiger partial charge in [0.2, 0.25) is 0 Å². The Labute approximate surface area is 77.3 Å². The number of rotatable bonds is 6. The van der Waals surface area contributed by atoms with Crippen molar-refractivity contribution in [1.29, 1.82) is 0 Å². The first-order valence-electron chi connectivity index (χ1n) is 4.10. The SMILES string of the molecule is CCONCC(OC(C)=O)C(C)=O.